The van der Waals surface area contributed by atoms with Gasteiger partial charge < -0.3 is 20.1 Å². The van der Waals surface area contributed by atoms with Crippen LogP contribution in [0.4, 0.5) is 27.6 Å². The molecule has 216 valence electrons. The third kappa shape index (κ3) is 5.81. The lowest BCUT2D eigenvalue weighted by Crippen LogP contribution is -2.62. The zero-order valence-electron chi connectivity index (χ0n) is 21.0. The number of morpholine rings is 1. The number of hydrogen-bond acceptors (Lipinski definition) is 7. The van der Waals surface area contributed by atoms with E-state index in [0.717, 1.165) is 28.6 Å². The molecule has 0 radical (unpaired) electrons. The second-order valence-corrected chi connectivity index (χ2v) is 11.1. The van der Waals surface area contributed by atoms with Crippen molar-refractivity contribution in [3.05, 3.63) is 59.3 Å². The van der Waals surface area contributed by atoms with Gasteiger partial charge >= 0.3 is 6.18 Å². The summed E-state index contributed by atoms with van der Waals surface area (Å²) < 4.78 is 106. The highest BCUT2D eigenvalue weighted by Crippen LogP contribution is 2.41. The summed E-state index contributed by atoms with van der Waals surface area (Å²) in [5, 5.41) is 0. The van der Waals surface area contributed by atoms with E-state index in [4.69, 9.17) is 15.2 Å². The first kappa shape index (κ1) is 29.4. The van der Waals surface area contributed by atoms with Crippen LogP contribution in [0.15, 0.2) is 42.1 Å². The van der Waals surface area contributed by atoms with E-state index in [2.05, 4.69) is 0 Å². The summed E-state index contributed by atoms with van der Waals surface area (Å²) in [4.78, 5) is 24.8. The Morgan fingerprint density at radius 1 is 1.20 bits per heavy atom. The van der Waals surface area contributed by atoms with E-state index in [-0.39, 0.29) is 47.8 Å². The van der Waals surface area contributed by atoms with Crippen molar-refractivity contribution in [2.45, 2.75) is 24.7 Å². The normalized spacial score (nSPS) is 20.8. The van der Waals surface area contributed by atoms with Gasteiger partial charge in [-0.15, -0.1) is 0 Å². The summed E-state index contributed by atoms with van der Waals surface area (Å²) in [5.41, 5.74) is 3.26. The molecule has 2 aromatic rings. The molecule has 2 aliphatic rings. The van der Waals surface area contributed by atoms with Crippen molar-refractivity contribution >= 4 is 27.9 Å². The average molecular weight is 590 g/mol. The van der Waals surface area contributed by atoms with E-state index in [0.29, 0.717) is 18.4 Å². The van der Waals surface area contributed by atoms with Crippen LogP contribution in [-0.4, -0.2) is 69.6 Å². The molecule has 1 amide bonds. The highest BCUT2D eigenvalue weighted by Gasteiger charge is 2.44. The van der Waals surface area contributed by atoms with E-state index in [9.17, 15) is 35.6 Å². The Labute approximate surface area is 226 Å². The number of alkyl halides is 3. The Morgan fingerprint density at radius 3 is 2.58 bits per heavy atom. The minimum atomic E-state index is -5.01. The molecule has 0 aliphatic carbocycles. The fourth-order valence-corrected chi connectivity index (χ4v) is 6.25. The third-order valence-corrected chi connectivity index (χ3v) is 8.46. The van der Waals surface area contributed by atoms with Crippen LogP contribution in [-0.2, 0) is 30.5 Å². The lowest BCUT2D eigenvalue weighted by molar-refractivity contribution is -0.140. The molecule has 0 spiro atoms. The molecule has 0 bridgehead atoms. The molecule has 2 saturated heterocycles. The van der Waals surface area contributed by atoms with E-state index in [1.807, 2.05) is 0 Å². The van der Waals surface area contributed by atoms with Crippen molar-refractivity contribution in [2.75, 3.05) is 37.5 Å². The van der Waals surface area contributed by atoms with Crippen molar-refractivity contribution in [3.63, 3.8) is 0 Å². The number of carbonyl (C=O) groups excluding carboxylic acids is 2. The van der Waals surface area contributed by atoms with Gasteiger partial charge in [-0.3, -0.25) is 9.59 Å². The van der Waals surface area contributed by atoms with Gasteiger partial charge in [0.2, 0.25) is 10.0 Å². The molecule has 9 nitrogen and oxygen atoms in total. The second-order valence-electron chi connectivity index (χ2n) is 9.16. The predicted octanol–water partition coefficient (Wildman–Crippen LogP) is 2.84. The lowest BCUT2D eigenvalue weighted by Gasteiger charge is -2.46. The van der Waals surface area contributed by atoms with Gasteiger partial charge in [0.05, 0.1) is 30.5 Å². The molecular weight excluding hydrogens is 565 g/mol. The van der Waals surface area contributed by atoms with Gasteiger partial charge in [-0.05, 0) is 36.3 Å². The summed E-state index contributed by atoms with van der Waals surface area (Å²) in [5.74, 6) is -3.72. The maximum absolute atomic E-state index is 15.4. The van der Waals surface area contributed by atoms with Gasteiger partial charge in [0.1, 0.15) is 36.0 Å². The number of benzene rings is 2. The number of sulfonamides is 1. The van der Waals surface area contributed by atoms with Crippen molar-refractivity contribution in [1.82, 2.24) is 4.31 Å². The van der Waals surface area contributed by atoms with Crippen molar-refractivity contribution < 1.29 is 49.4 Å². The van der Waals surface area contributed by atoms with Crippen LogP contribution in [0.5, 0.6) is 5.75 Å². The minimum Gasteiger partial charge on any atom is -0.495 e. The molecule has 2 N–H and O–H groups in total. The van der Waals surface area contributed by atoms with E-state index in [1.165, 1.54) is 12.0 Å². The molecule has 2 aliphatic heterocycles. The lowest BCUT2D eigenvalue weighted by atomic mass is 9.97. The number of rotatable bonds is 7. The maximum Gasteiger partial charge on any atom is 0.419 e. The average Bonchev–Trinajstić information content (AvgIpc) is 2.88. The summed E-state index contributed by atoms with van der Waals surface area (Å²) in [6.45, 7) is -0.644. The van der Waals surface area contributed by atoms with Crippen molar-refractivity contribution in [2.24, 2.45) is 5.73 Å². The van der Waals surface area contributed by atoms with Gasteiger partial charge in [0.15, 0.2) is 0 Å². The number of methoxy groups -OCH3 is 1. The molecule has 2 fully saturated rings. The fourth-order valence-electron chi connectivity index (χ4n) is 4.80. The number of carbonyl (C=O) groups is 2. The predicted molar refractivity (Wildman–Crippen MR) is 133 cm³/mol. The zero-order valence-corrected chi connectivity index (χ0v) is 21.8. The Bertz CT molecular complexity index is 1460. The molecule has 0 aromatic heterocycles. The number of amides is 1. The van der Waals surface area contributed by atoms with Crippen LogP contribution in [0, 0.1) is 11.6 Å². The summed E-state index contributed by atoms with van der Waals surface area (Å²) in [6.07, 6.45) is -4.42. The molecule has 0 unspecified atom stereocenters. The minimum absolute atomic E-state index is 0.0281. The van der Waals surface area contributed by atoms with Gasteiger partial charge in [-0.25, -0.2) is 17.2 Å². The second kappa shape index (κ2) is 11.1. The molecule has 2 heterocycles. The monoisotopic (exact) mass is 589 g/mol. The Balaban J connectivity index is 1.66. The number of halogens is 5. The number of aldehydes is 1. The molecule has 0 saturated carbocycles. The van der Waals surface area contributed by atoms with Crippen LogP contribution in [0.3, 0.4) is 0 Å². The number of nitrogens with zero attached hydrogens (tertiary/aromatic N) is 2. The molecule has 15 heteroatoms. The van der Waals surface area contributed by atoms with Gasteiger partial charge in [0, 0.05) is 30.4 Å². The standard InChI is InChI=1S/C25H24F5N3O6S/c1-38-22-9-16(14-2-3-18(26)17(8-14)25(28,29)30)19(27)10-21(22)33-20-4-6-32(11-23(20)39-12-24(33)35)40(36,37)13-15(31)5-7-34/h2-3,5,7-10,20,23H,4,6,11-13,31H2,1H3/t20-,23-/m0/s1. The first-order valence-corrected chi connectivity index (χ1v) is 13.4. The summed E-state index contributed by atoms with van der Waals surface area (Å²) >= 11 is 0. The molecular formula is C25H24F5N3O6S. The molecule has 4 rings (SSSR count). The third-order valence-electron chi connectivity index (χ3n) is 6.64. The molecule has 40 heavy (non-hydrogen) atoms. The Hall–Kier alpha value is -3.56. The number of hydrogen-bond donors (Lipinski definition) is 1. The van der Waals surface area contributed by atoms with Crippen LogP contribution in [0.1, 0.15) is 12.0 Å². The van der Waals surface area contributed by atoms with Crippen molar-refractivity contribution in [1.29, 1.82) is 0 Å². The van der Waals surface area contributed by atoms with Crippen LogP contribution in [0.2, 0.25) is 0 Å². The number of ether oxygens (including phenoxy) is 2. The van der Waals surface area contributed by atoms with E-state index in [1.54, 1.807) is 0 Å². The number of fused-ring (bicyclic) bond motifs is 1. The Morgan fingerprint density at radius 2 is 1.93 bits per heavy atom. The smallest absolute Gasteiger partial charge is 0.419 e. The summed E-state index contributed by atoms with van der Waals surface area (Å²) in [6, 6.07) is 3.37. The van der Waals surface area contributed by atoms with Crippen LogP contribution in [0.25, 0.3) is 11.1 Å². The molecule has 2 aromatic carbocycles. The van der Waals surface area contributed by atoms with Crippen LogP contribution < -0.4 is 15.4 Å². The number of piperidine rings is 1. The van der Waals surface area contributed by atoms with E-state index < -0.39 is 63.8 Å². The van der Waals surface area contributed by atoms with E-state index >= 15 is 4.39 Å². The van der Waals surface area contributed by atoms with Crippen molar-refractivity contribution in [3.8, 4) is 16.9 Å². The SMILES string of the molecule is COc1cc(-c2ccc(F)c(C(F)(F)F)c2)c(F)cc1N1C(=O)CO[C@H]2CN(S(=O)(=O)CC(N)=CC=O)CC[C@@H]21. The number of anilines is 1. The summed E-state index contributed by atoms with van der Waals surface area (Å²) in [7, 11) is -2.69. The van der Waals surface area contributed by atoms with Gasteiger partial charge in [-0.1, -0.05) is 6.07 Å². The van der Waals surface area contributed by atoms with Gasteiger partial charge in [-0.2, -0.15) is 17.5 Å². The zero-order chi connectivity index (χ0) is 29.4. The largest absolute Gasteiger partial charge is 0.495 e. The fraction of sp³-hybridized carbons (Fsp3) is 0.360. The quantitative estimate of drug-likeness (QED) is 0.300. The molecule has 2 atom stereocenters. The highest BCUT2D eigenvalue weighted by atomic mass is 32.2. The first-order valence-electron chi connectivity index (χ1n) is 11.8. The number of nitrogens with two attached hydrogens (primary N) is 1. The van der Waals surface area contributed by atoms with Crippen LogP contribution >= 0.6 is 0 Å². The topological polar surface area (TPSA) is 119 Å². The highest BCUT2D eigenvalue weighted by molar-refractivity contribution is 7.89. The number of allylic oxidation sites excluding steroid dienone is 1. The van der Waals surface area contributed by atoms with Gasteiger partial charge in [0.25, 0.3) is 5.91 Å². The Kier molecular flexibility index (Phi) is 8.19. The maximum atomic E-state index is 15.4. The first-order chi connectivity index (χ1) is 18.8.